The van der Waals surface area contributed by atoms with Crippen LogP contribution in [0.25, 0.3) is 0 Å². The molecule has 1 fully saturated rings. The molecular weight excluding hydrogens is 322 g/mol. The normalized spacial score (nSPS) is 17.5. The standard InChI is InChI=1S/C18H25N3O2S/c1-13(2)17-19-9-11-21(17)10-4-8-20-18(22)16-7-6-15(24-16)14-5-3-12-23-14/h6-7,9,11,13-14H,3-5,8,10,12H2,1-2H3,(H,20,22)/t14-/m0/s1. The second-order valence-electron chi connectivity index (χ2n) is 6.45. The monoisotopic (exact) mass is 347 g/mol. The first-order valence-electron chi connectivity index (χ1n) is 8.65. The first-order chi connectivity index (χ1) is 11.6. The predicted molar refractivity (Wildman–Crippen MR) is 95.5 cm³/mol. The molecule has 6 heteroatoms. The highest BCUT2D eigenvalue weighted by molar-refractivity contribution is 7.14. The second-order valence-corrected chi connectivity index (χ2v) is 7.56. The van der Waals surface area contributed by atoms with Gasteiger partial charge < -0.3 is 14.6 Å². The van der Waals surface area contributed by atoms with Gasteiger partial charge in [-0.2, -0.15) is 0 Å². The summed E-state index contributed by atoms with van der Waals surface area (Å²) >= 11 is 1.55. The zero-order valence-corrected chi connectivity index (χ0v) is 15.1. The summed E-state index contributed by atoms with van der Waals surface area (Å²) in [5.74, 6) is 1.52. The van der Waals surface area contributed by atoms with Crippen molar-refractivity contribution in [1.82, 2.24) is 14.9 Å². The summed E-state index contributed by atoms with van der Waals surface area (Å²) in [6, 6.07) is 3.93. The molecule has 24 heavy (non-hydrogen) atoms. The van der Waals surface area contributed by atoms with Gasteiger partial charge in [0.2, 0.25) is 0 Å². The molecule has 0 radical (unpaired) electrons. The molecule has 1 aliphatic heterocycles. The SMILES string of the molecule is CC(C)c1nccn1CCCNC(=O)c1ccc([C@@H]2CCCO2)s1. The third-order valence-electron chi connectivity index (χ3n) is 4.22. The number of carbonyl (C=O) groups is 1. The van der Waals surface area contributed by atoms with E-state index >= 15 is 0 Å². The Balaban J connectivity index is 1.45. The molecule has 0 unspecified atom stereocenters. The van der Waals surface area contributed by atoms with Gasteiger partial charge in [-0.1, -0.05) is 13.8 Å². The summed E-state index contributed by atoms with van der Waals surface area (Å²) in [7, 11) is 0. The fraction of sp³-hybridized carbons (Fsp3) is 0.556. The summed E-state index contributed by atoms with van der Waals surface area (Å²) in [4.78, 5) is 18.6. The van der Waals surface area contributed by atoms with E-state index in [1.165, 1.54) is 0 Å². The molecule has 5 nitrogen and oxygen atoms in total. The molecule has 0 saturated carbocycles. The van der Waals surface area contributed by atoms with Crippen LogP contribution in [0.15, 0.2) is 24.5 Å². The van der Waals surface area contributed by atoms with Crippen molar-refractivity contribution in [3.8, 4) is 0 Å². The number of aryl methyl sites for hydroxylation is 1. The highest BCUT2D eigenvalue weighted by Crippen LogP contribution is 2.33. The predicted octanol–water partition coefficient (Wildman–Crippen LogP) is 3.74. The van der Waals surface area contributed by atoms with Crippen molar-refractivity contribution in [3.05, 3.63) is 40.1 Å². The Morgan fingerprint density at radius 2 is 2.38 bits per heavy atom. The van der Waals surface area contributed by atoms with Crippen LogP contribution in [-0.2, 0) is 11.3 Å². The third kappa shape index (κ3) is 4.05. The van der Waals surface area contributed by atoms with Gasteiger partial charge in [0, 0.05) is 42.9 Å². The molecule has 1 N–H and O–H groups in total. The van der Waals surface area contributed by atoms with Crippen LogP contribution in [0.5, 0.6) is 0 Å². The maximum absolute atomic E-state index is 12.2. The summed E-state index contributed by atoms with van der Waals surface area (Å²) < 4.78 is 7.84. The number of hydrogen-bond acceptors (Lipinski definition) is 4. The van der Waals surface area contributed by atoms with Crippen molar-refractivity contribution in [1.29, 1.82) is 0 Å². The van der Waals surface area contributed by atoms with Gasteiger partial charge in [-0.25, -0.2) is 4.98 Å². The highest BCUT2D eigenvalue weighted by atomic mass is 32.1. The van der Waals surface area contributed by atoms with E-state index in [4.69, 9.17) is 4.74 Å². The van der Waals surface area contributed by atoms with E-state index in [2.05, 4.69) is 28.7 Å². The summed E-state index contributed by atoms with van der Waals surface area (Å²) in [6.07, 6.45) is 7.09. The topological polar surface area (TPSA) is 56.2 Å². The molecule has 1 atom stereocenters. The van der Waals surface area contributed by atoms with Crippen LogP contribution in [0.3, 0.4) is 0 Å². The number of nitrogens with zero attached hydrogens (tertiary/aromatic N) is 2. The number of carbonyl (C=O) groups excluding carboxylic acids is 1. The number of ether oxygens (including phenoxy) is 1. The first kappa shape index (κ1) is 17.2. The number of rotatable bonds is 7. The number of nitrogens with one attached hydrogen (secondary N) is 1. The van der Waals surface area contributed by atoms with Crippen molar-refractivity contribution in [2.24, 2.45) is 0 Å². The Hall–Kier alpha value is -1.66. The molecule has 3 rings (SSSR count). The molecule has 1 aliphatic rings. The second kappa shape index (κ2) is 7.94. The first-order valence-corrected chi connectivity index (χ1v) is 9.47. The Bertz CT molecular complexity index is 671. The van der Waals surface area contributed by atoms with Crippen LogP contribution < -0.4 is 5.32 Å². The molecule has 2 aromatic rings. The highest BCUT2D eigenvalue weighted by Gasteiger charge is 2.20. The van der Waals surface area contributed by atoms with E-state index in [0.717, 1.165) is 48.0 Å². The smallest absolute Gasteiger partial charge is 0.261 e. The van der Waals surface area contributed by atoms with E-state index in [1.807, 2.05) is 24.5 Å². The molecule has 0 aromatic carbocycles. The van der Waals surface area contributed by atoms with Gasteiger partial charge in [-0.05, 0) is 31.4 Å². The van der Waals surface area contributed by atoms with Crippen molar-refractivity contribution < 1.29 is 9.53 Å². The van der Waals surface area contributed by atoms with Gasteiger partial charge in [-0.15, -0.1) is 11.3 Å². The van der Waals surface area contributed by atoms with Gasteiger partial charge in [0.25, 0.3) is 5.91 Å². The molecule has 130 valence electrons. The van der Waals surface area contributed by atoms with E-state index in [0.29, 0.717) is 12.5 Å². The van der Waals surface area contributed by atoms with Gasteiger partial charge in [0.15, 0.2) is 0 Å². The molecule has 1 saturated heterocycles. The number of aromatic nitrogens is 2. The quantitative estimate of drug-likeness (QED) is 0.776. The van der Waals surface area contributed by atoms with E-state index < -0.39 is 0 Å². The van der Waals surface area contributed by atoms with Crippen molar-refractivity contribution in [2.75, 3.05) is 13.2 Å². The fourth-order valence-electron chi connectivity index (χ4n) is 3.00. The molecule has 1 amide bonds. The van der Waals surface area contributed by atoms with Gasteiger partial charge >= 0.3 is 0 Å². The van der Waals surface area contributed by atoms with Crippen molar-refractivity contribution >= 4 is 17.2 Å². The minimum Gasteiger partial charge on any atom is -0.373 e. The lowest BCUT2D eigenvalue weighted by Crippen LogP contribution is -2.24. The molecule has 0 aliphatic carbocycles. The molecule has 0 spiro atoms. The lowest BCUT2D eigenvalue weighted by molar-refractivity contribution is 0.0956. The van der Waals surface area contributed by atoms with Crippen LogP contribution in [-0.4, -0.2) is 28.6 Å². The van der Waals surface area contributed by atoms with Gasteiger partial charge in [0.1, 0.15) is 5.82 Å². The van der Waals surface area contributed by atoms with Crippen molar-refractivity contribution in [2.45, 2.75) is 51.7 Å². The maximum atomic E-state index is 12.2. The Kier molecular flexibility index (Phi) is 5.68. The fourth-order valence-corrected chi connectivity index (χ4v) is 4.01. The molecular formula is C18H25N3O2S. The van der Waals surface area contributed by atoms with Crippen LogP contribution in [0, 0.1) is 0 Å². The Morgan fingerprint density at radius 3 is 3.12 bits per heavy atom. The molecule has 2 aromatic heterocycles. The largest absolute Gasteiger partial charge is 0.373 e. The average molecular weight is 347 g/mol. The minimum atomic E-state index is 0.0129. The lowest BCUT2D eigenvalue weighted by atomic mass is 10.2. The third-order valence-corrected chi connectivity index (χ3v) is 5.40. The Labute approximate surface area is 147 Å². The number of thiophene rings is 1. The lowest BCUT2D eigenvalue weighted by Gasteiger charge is -2.10. The summed E-state index contributed by atoms with van der Waals surface area (Å²) in [5.41, 5.74) is 0. The van der Waals surface area contributed by atoms with Crippen LogP contribution >= 0.6 is 11.3 Å². The van der Waals surface area contributed by atoms with E-state index in [1.54, 1.807) is 11.3 Å². The minimum absolute atomic E-state index is 0.0129. The van der Waals surface area contributed by atoms with E-state index in [-0.39, 0.29) is 12.0 Å². The Morgan fingerprint density at radius 1 is 1.50 bits per heavy atom. The maximum Gasteiger partial charge on any atom is 0.261 e. The van der Waals surface area contributed by atoms with Crippen LogP contribution in [0.1, 0.15) is 65.5 Å². The number of imidazole rings is 1. The van der Waals surface area contributed by atoms with Gasteiger partial charge in [-0.3, -0.25) is 4.79 Å². The number of amides is 1. The van der Waals surface area contributed by atoms with Crippen LogP contribution in [0.2, 0.25) is 0 Å². The van der Waals surface area contributed by atoms with Crippen molar-refractivity contribution in [3.63, 3.8) is 0 Å². The molecule has 0 bridgehead atoms. The number of hydrogen-bond donors (Lipinski definition) is 1. The average Bonchev–Trinajstić information content (AvgIpc) is 3.31. The van der Waals surface area contributed by atoms with E-state index in [9.17, 15) is 4.79 Å². The summed E-state index contributed by atoms with van der Waals surface area (Å²) in [6.45, 7) is 6.66. The molecule has 3 heterocycles. The van der Waals surface area contributed by atoms with Crippen LogP contribution in [0.4, 0.5) is 0 Å². The summed E-state index contributed by atoms with van der Waals surface area (Å²) in [5, 5.41) is 3.01. The van der Waals surface area contributed by atoms with Gasteiger partial charge in [0.05, 0.1) is 11.0 Å². The zero-order valence-electron chi connectivity index (χ0n) is 14.3. The zero-order chi connectivity index (χ0) is 16.9.